The first kappa shape index (κ1) is 11.5. The second-order valence-corrected chi connectivity index (χ2v) is 4.85. The molecule has 0 amide bonds. The number of rotatable bonds is 4. The Morgan fingerprint density at radius 3 is 2.50 bits per heavy atom. The zero-order valence-electron chi connectivity index (χ0n) is 9.20. The zero-order valence-corrected chi connectivity index (χ0v) is 10.0. The van der Waals surface area contributed by atoms with E-state index >= 15 is 0 Å². The molecule has 0 spiro atoms. The molecular formula is C10H18N2OS. The predicted molar refractivity (Wildman–Crippen MR) is 60.5 cm³/mol. The number of nitrogens with zero attached hydrogens (tertiary/aromatic N) is 1. The van der Waals surface area contributed by atoms with Gasteiger partial charge in [-0.25, -0.2) is 4.98 Å². The molecule has 0 saturated carbocycles. The normalized spacial score (nSPS) is 13.5. The molecule has 80 valence electrons. The van der Waals surface area contributed by atoms with Gasteiger partial charge in [0.15, 0.2) is 0 Å². The molecule has 0 aliphatic heterocycles. The SMILES string of the molecule is CCOC(c1nc(N)c(C)s1)C(C)C. The maximum Gasteiger partial charge on any atom is 0.137 e. The van der Waals surface area contributed by atoms with Crippen molar-refractivity contribution < 1.29 is 4.74 Å². The van der Waals surface area contributed by atoms with E-state index in [0.29, 0.717) is 18.3 Å². The van der Waals surface area contributed by atoms with Crippen molar-refractivity contribution in [3.05, 3.63) is 9.88 Å². The van der Waals surface area contributed by atoms with Gasteiger partial charge in [0, 0.05) is 11.5 Å². The average Bonchev–Trinajstić information content (AvgIpc) is 2.42. The molecule has 1 heterocycles. The minimum Gasteiger partial charge on any atom is -0.383 e. The Kier molecular flexibility index (Phi) is 3.89. The fourth-order valence-corrected chi connectivity index (χ4v) is 2.34. The van der Waals surface area contributed by atoms with Crippen LogP contribution in [-0.4, -0.2) is 11.6 Å². The van der Waals surface area contributed by atoms with Crippen LogP contribution in [0.3, 0.4) is 0 Å². The molecule has 0 aromatic carbocycles. The number of thiazole rings is 1. The Bertz CT molecular complexity index is 277. The highest BCUT2D eigenvalue weighted by Gasteiger charge is 2.20. The number of hydrogen-bond donors (Lipinski definition) is 1. The van der Waals surface area contributed by atoms with Gasteiger partial charge >= 0.3 is 0 Å². The molecule has 0 aliphatic rings. The molecule has 3 nitrogen and oxygen atoms in total. The van der Waals surface area contributed by atoms with Crippen LogP contribution < -0.4 is 5.73 Å². The molecule has 1 unspecified atom stereocenters. The molecule has 0 aliphatic carbocycles. The van der Waals surface area contributed by atoms with Gasteiger partial charge in [0.25, 0.3) is 0 Å². The summed E-state index contributed by atoms with van der Waals surface area (Å²) in [6.45, 7) is 8.96. The predicted octanol–water partition coefficient (Wildman–Crippen LogP) is 2.77. The molecule has 1 rings (SSSR count). The monoisotopic (exact) mass is 214 g/mol. The molecule has 0 radical (unpaired) electrons. The first-order chi connectivity index (χ1) is 6.56. The van der Waals surface area contributed by atoms with Crippen molar-refractivity contribution >= 4 is 17.2 Å². The van der Waals surface area contributed by atoms with Crippen molar-refractivity contribution in [3.8, 4) is 0 Å². The largest absolute Gasteiger partial charge is 0.383 e. The third-order valence-corrected chi connectivity index (χ3v) is 3.09. The quantitative estimate of drug-likeness (QED) is 0.838. The number of anilines is 1. The molecule has 14 heavy (non-hydrogen) atoms. The number of hydrogen-bond acceptors (Lipinski definition) is 4. The summed E-state index contributed by atoms with van der Waals surface area (Å²) in [5.41, 5.74) is 5.72. The molecule has 1 aromatic heterocycles. The lowest BCUT2D eigenvalue weighted by molar-refractivity contribution is 0.0293. The number of aromatic nitrogens is 1. The summed E-state index contributed by atoms with van der Waals surface area (Å²) in [4.78, 5) is 5.40. The van der Waals surface area contributed by atoms with Crippen LogP contribution in [0.2, 0.25) is 0 Å². The molecule has 1 atom stereocenters. The Labute approximate surface area is 89.3 Å². The molecular weight excluding hydrogens is 196 g/mol. The van der Waals surface area contributed by atoms with Crippen LogP contribution in [0.15, 0.2) is 0 Å². The average molecular weight is 214 g/mol. The lowest BCUT2D eigenvalue weighted by atomic mass is 10.1. The van der Waals surface area contributed by atoms with E-state index in [-0.39, 0.29) is 6.10 Å². The van der Waals surface area contributed by atoms with E-state index in [1.807, 2.05) is 13.8 Å². The highest BCUT2D eigenvalue weighted by molar-refractivity contribution is 7.12. The van der Waals surface area contributed by atoms with E-state index in [0.717, 1.165) is 9.88 Å². The van der Waals surface area contributed by atoms with Crippen LogP contribution in [0, 0.1) is 12.8 Å². The van der Waals surface area contributed by atoms with Crippen molar-refractivity contribution in [1.82, 2.24) is 4.98 Å². The van der Waals surface area contributed by atoms with E-state index in [1.165, 1.54) is 0 Å². The topological polar surface area (TPSA) is 48.1 Å². The maximum atomic E-state index is 5.72. The van der Waals surface area contributed by atoms with Gasteiger partial charge in [0.1, 0.15) is 16.9 Å². The van der Waals surface area contributed by atoms with Crippen LogP contribution in [0.1, 0.15) is 36.8 Å². The smallest absolute Gasteiger partial charge is 0.137 e. The molecule has 0 fully saturated rings. The fourth-order valence-electron chi connectivity index (χ4n) is 1.28. The number of aryl methyl sites for hydroxylation is 1. The molecule has 0 bridgehead atoms. The fraction of sp³-hybridized carbons (Fsp3) is 0.700. The van der Waals surface area contributed by atoms with E-state index in [4.69, 9.17) is 10.5 Å². The number of nitrogen functional groups attached to an aromatic ring is 1. The van der Waals surface area contributed by atoms with Crippen molar-refractivity contribution in [2.24, 2.45) is 5.92 Å². The van der Waals surface area contributed by atoms with Gasteiger partial charge < -0.3 is 10.5 Å². The summed E-state index contributed by atoms with van der Waals surface area (Å²) in [5.74, 6) is 1.07. The van der Waals surface area contributed by atoms with Gasteiger partial charge in [-0.2, -0.15) is 0 Å². The van der Waals surface area contributed by atoms with Crippen molar-refractivity contribution in [1.29, 1.82) is 0 Å². The Hall–Kier alpha value is -0.610. The Morgan fingerprint density at radius 2 is 2.14 bits per heavy atom. The Balaban J connectivity index is 2.87. The lowest BCUT2D eigenvalue weighted by Gasteiger charge is -2.17. The van der Waals surface area contributed by atoms with Crippen LogP contribution in [0.4, 0.5) is 5.82 Å². The highest BCUT2D eigenvalue weighted by Crippen LogP contribution is 2.31. The second-order valence-electron chi connectivity index (χ2n) is 3.61. The van der Waals surface area contributed by atoms with Crippen LogP contribution in [-0.2, 0) is 4.74 Å². The molecule has 1 aromatic rings. The number of nitrogens with two attached hydrogens (primary N) is 1. The second kappa shape index (κ2) is 4.75. The van der Waals surface area contributed by atoms with Crippen molar-refractivity contribution in [3.63, 3.8) is 0 Å². The zero-order chi connectivity index (χ0) is 10.7. The summed E-state index contributed by atoms with van der Waals surface area (Å²) in [7, 11) is 0. The summed E-state index contributed by atoms with van der Waals surface area (Å²) in [6.07, 6.45) is 0.0843. The van der Waals surface area contributed by atoms with Gasteiger partial charge in [0.2, 0.25) is 0 Å². The van der Waals surface area contributed by atoms with Crippen LogP contribution in [0.5, 0.6) is 0 Å². The van der Waals surface area contributed by atoms with Gasteiger partial charge in [-0.3, -0.25) is 0 Å². The third kappa shape index (κ3) is 2.45. The van der Waals surface area contributed by atoms with E-state index in [2.05, 4.69) is 18.8 Å². The minimum absolute atomic E-state index is 0.0843. The first-order valence-electron chi connectivity index (χ1n) is 4.90. The summed E-state index contributed by atoms with van der Waals surface area (Å²) >= 11 is 1.63. The van der Waals surface area contributed by atoms with Gasteiger partial charge in [0.05, 0.1) is 0 Å². The molecule has 0 saturated heterocycles. The van der Waals surface area contributed by atoms with Crippen molar-refractivity contribution in [2.75, 3.05) is 12.3 Å². The van der Waals surface area contributed by atoms with Gasteiger partial charge in [-0.1, -0.05) is 13.8 Å². The standard InChI is InChI=1S/C10H18N2OS/c1-5-13-8(6(2)3)10-12-9(11)7(4)14-10/h6,8H,5,11H2,1-4H3. The summed E-state index contributed by atoms with van der Waals surface area (Å²) < 4.78 is 5.65. The summed E-state index contributed by atoms with van der Waals surface area (Å²) in [5, 5.41) is 0.997. The van der Waals surface area contributed by atoms with Crippen LogP contribution in [0.25, 0.3) is 0 Å². The highest BCUT2D eigenvalue weighted by atomic mass is 32.1. The van der Waals surface area contributed by atoms with Gasteiger partial charge in [-0.05, 0) is 19.8 Å². The van der Waals surface area contributed by atoms with Crippen LogP contribution >= 0.6 is 11.3 Å². The summed E-state index contributed by atoms with van der Waals surface area (Å²) in [6, 6.07) is 0. The first-order valence-corrected chi connectivity index (χ1v) is 5.72. The lowest BCUT2D eigenvalue weighted by Crippen LogP contribution is -2.10. The molecule has 2 N–H and O–H groups in total. The third-order valence-electron chi connectivity index (χ3n) is 2.04. The minimum atomic E-state index is 0.0843. The van der Waals surface area contributed by atoms with E-state index in [9.17, 15) is 0 Å². The van der Waals surface area contributed by atoms with Gasteiger partial charge in [-0.15, -0.1) is 11.3 Å². The maximum absolute atomic E-state index is 5.72. The Morgan fingerprint density at radius 1 is 1.50 bits per heavy atom. The van der Waals surface area contributed by atoms with Crippen molar-refractivity contribution in [2.45, 2.75) is 33.8 Å². The van der Waals surface area contributed by atoms with E-state index in [1.54, 1.807) is 11.3 Å². The number of ether oxygens (including phenoxy) is 1. The molecule has 4 heteroatoms. The van der Waals surface area contributed by atoms with E-state index < -0.39 is 0 Å².